The number of rotatable bonds is 11. The van der Waals surface area contributed by atoms with Crippen molar-refractivity contribution in [1.82, 2.24) is 14.2 Å². The molecule has 2 heterocycles. The molecule has 1 aliphatic heterocycles. The molecule has 1 aliphatic rings. The predicted octanol–water partition coefficient (Wildman–Crippen LogP) is 4.47. The molecule has 0 N–H and O–H groups in total. The molecule has 9 nitrogen and oxygen atoms in total. The fourth-order valence-corrected chi connectivity index (χ4v) is 6.35. The van der Waals surface area contributed by atoms with Crippen LogP contribution in [0.2, 0.25) is 0 Å². The third-order valence-corrected chi connectivity index (χ3v) is 9.00. The van der Waals surface area contributed by atoms with Crippen LogP contribution in [0.25, 0.3) is 10.2 Å². The molecule has 4 rings (SSSR count). The van der Waals surface area contributed by atoms with E-state index < -0.39 is 10.0 Å². The quantitative estimate of drug-likeness (QED) is 0.337. The minimum absolute atomic E-state index is 0. The van der Waals surface area contributed by atoms with Crippen molar-refractivity contribution in [2.24, 2.45) is 0 Å². The van der Waals surface area contributed by atoms with Crippen molar-refractivity contribution in [3.05, 3.63) is 42.0 Å². The van der Waals surface area contributed by atoms with E-state index in [0.29, 0.717) is 48.4 Å². The zero-order chi connectivity index (χ0) is 25.9. The highest BCUT2D eigenvalue weighted by Crippen LogP contribution is 2.40. The second kappa shape index (κ2) is 12.4. The molecule has 0 bridgehead atoms. The number of amides is 1. The largest absolute Gasteiger partial charge is 0.454 e. The van der Waals surface area contributed by atoms with Crippen LogP contribution in [0.4, 0.5) is 5.13 Å². The van der Waals surface area contributed by atoms with Gasteiger partial charge in [-0.15, -0.1) is 12.4 Å². The predicted molar refractivity (Wildman–Crippen MR) is 149 cm³/mol. The first-order valence-electron chi connectivity index (χ1n) is 12.0. The van der Waals surface area contributed by atoms with E-state index >= 15 is 0 Å². The molecule has 37 heavy (non-hydrogen) atoms. The molecule has 0 spiro atoms. The minimum Gasteiger partial charge on any atom is -0.454 e. The lowest BCUT2D eigenvalue weighted by atomic mass is 10.2. The third kappa shape index (κ3) is 6.35. The summed E-state index contributed by atoms with van der Waals surface area (Å²) in [5.41, 5.74) is 1.13. The van der Waals surface area contributed by atoms with E-state index in [-0.39, 0.29) is 30.0 Å². The van der Waals surface area contributed by atoms with Crippen molar-refractivity contribution >= 4 is 55.0 Å². The SMILES string of the molecule is CCCCN(CC)S(=O)(=O)c1ccc(C(=O)N(CCN(C)C)c2nc3cc4c(cc3s2)OCO4)cc1.Cl. The van der Waals surface area contributed by atoms with Gasteiger partial charge in [-0.3, -0.25) is 9.69 Å². The smallest absolute Gasteiger partial charge is 0.260 e. The molecule has 1 amide bonds. The lowest BCUT2D eigenvalue weighted by molar-refractivity contribution is 0.0985. The van der Waals surface area contributed by atoms with Crippen LogP contribution in [-0.2, 0) is 10.0 Å². The monoisotopic (exact) mass is 568 g/mol. The molecule has 202 valence electrons. The summed E-state index contributed by atoms with van der Waals surface area (Å²) in [7, 11) is 0.270. The Morgan fingerprint density at radius 2 is 1.70 bits per heavy atom. The number of halogens is 1. The summed E-state index contributed by atoms with van der Waals surface area (Å²) in [4.78, 5) is 22.1. The Morgan fingerprint density at radius 3 is 2.32 bits per heavy atom. The van der Waals surface area contributed by atoms with Crippen LogP contribution >= 0.6 is 23.7 Å². The van der Waals surface area contributed by atoms with Gasteiger partial charge in [-0.1, -0.05) is 31.6 Å². The fraction of sp³-hybridized carbons (Fsp3) is 0.440. The number of sulfonamides is 1. The first-order chi connectivity index (χ1) is 17.2. The van der Waals surface area contributed by atoms with Gasteiger partial charge in [-0.25, -0.2) is 13.4 Å². The Kier molecular flexibility index (Phi) is 9.76. The number of unbranched alkanes of at least 4 members (excludes halogenated alkanes) is 1. The Bertz CT molecular complexity index is 1290. The van der Waals surface area contributed by atoms with Gasteiger partial charge in [0.15, 0.2) is 16.6 Å². The number of likely N-dealkylation sites (N-methyl/N-ethyl adjacent to an activating group) is 1. The van der Waals surface area contributed by atoms with E-state index in [4.69, 9.17) is 14.5 Å². The summed E-state index contributed by atoms with van der Waals surface area (Å²) in [6.07, 6.45) is 1.71. The van der Waals surface area contributed by atoms with E-state index in [9.17, 15) is 13.2 Å². The summed E-state index contributed by atoms with van der Waals surface area (Å²) in [5.74, 6) is 1.07. The van der Waals surface area contributed by atoms with Crippen LogP contribution < -0.4 is 14.4 Å². The van der Waals surface area contributed by atoms with Gasteiger partial charge >= 0.3 is 0 Å². The van der Waals surface area contributed by atoms with Crippen LogP contribution in [0.5, 0.6) is 11.5 Å². The van der Waals surface area contributed by atoms with Gasteiger partial charge in [0.05, 0.1) is 15.1 Å². The average molecular weight is 569 g/mol. The molecular weight excluding hydrogens is 536 g/mol. The highest BCUT2D eigenvalue weighted by molar-refractivity contribution is 7.89. The molecule has 0 saturated carbocycles. The van der Waals surface area contributed by atoms with E-state index in [0.717, 1.165) is 23.1 Å². The van der Waals surface area contributed by atoms with Gasteiger partial charge in [-0.2, -0.15) is 4.31 Å². The summed E-state index contributed by atoms with van der Waals surface area (Å²) >= 11 is 1.41. The van der Waals surface area contributed by atoms with Crippen molar-refractivity contribution in [3.8, 4) is 11.5 Å². The van der Waals surface area contributed by atoms with Crippen molar-refractivity contribution < 1.29 is 22.7 Å². The van der Waals surface area contributed by atoms with Crippen LogP contribution in [0.1, 0.15) is 37.0 Å². The Labute approximate surface area is 228 Å². The topological polar surface area (TPSA) is 92.3 Å². The molecule has 2 aromatic carbocycles. The van der Waals surface area contributed by atoms with Gasteiger partial charge in [0.1, 0.15) is 0 Å². The second-order valence-corrected chi connectivity index (χ2v) is 11.8. The summed E-state index contributed by atoms with van der Waals surface area (Å²) in [5, 5.41) is 0.564. The molecule has 3 aromatic rings. The average Bonchev–Trinajstić information content (AvgIpc) is 3.48. The lowest BCUT2D eigenvalue weighted by Crippen LogP contribution is -2.36. The zero-order valence-electron chi connectivity index (χ0n) is 21.5. The van der Waals surface area contributed by atoms with Gasteiger partial charge in [0.2, 0.25) is 16.8 Å². The highest BCUT2D eigenvalue weighted by Gasteiger charge is 2.26. The van der Waals surface area contributed by atoms with E-state index in [2.05, 4.69) is 0 Å². The lowest BCUT2D eigenvalue weighted by Gasteiger charge is -2.23. The number of hydrogen-bond donors (Lipinski definition) is 0. The molecule has 0 radical (unpaired) electrons. The second-order valence-electron chi connectivity index (χ2n) is 8.80. The van der Waals surface area contributed by atoms with Crippen molar-refractivity contribution in [2.75, 3.05) is 52.0 Å². The van der Waals surface area contributed by atoms with Gasteiger partial charge in [-0.05, 0) is 44.8 Å². The van der Waals surface area contributed by atoms with Gasteiger partial charge in [0, 0.05) is 43.9 Å². The van der Waals surface area contributed by atoms with Crippen LogP contribution in [-0.4, -0.2) is 75.6 Å². The van der Waals surface area contributed by atoms with Crippen LogP contribution in [0, 0.1) is 0 Å². The number of carbonyl (C=O) groups excluding carboxylic acids is 1. The molecular formula is C25H33ClN4O5S2. The van der Waals surface area contributed by atoms with Gasteiger partial charge in [0.25, 0.3) is 5.91 Å². The number of ether oxygens (including phenoxy) is 2. The third-order valence-electron chi connectivity index (χ3n) is 5.97. The molecule has 0 aliphatic carbocycles. The summed E-state index contributed by atoms with van der Waals surface area (Å²) in [6.45, 7) is 6.00. The number of benzene rings is 2. The fourth-order valence-electron chi connectivity index (χ4n) is 3.86. The first-order valence-corrected chi connectivity index (χ1v) is 14.3. The molecule has 0 unspecified atom stereocenters. The number of nitrogens with zero attached hydrogens (tertiary/aromatic N) is 4. The minimum atomic E-state index is -3.61. The zero-order valence-corrected chi connectivity index (χ0v) is 23.9. The number of carbonyl (C=O) groups is 1. The van der Waals surface area contributed by atoms with Crippen molar-refractivity contribution in [1.29, 1.82) is 0 Å². The molecule has 0 atom stereocenters. The molecule has 12 heteroatoms. The standard InChI is InChI=1S/C25H32N4O5S2.ClH/c1-5-7-12-28(6-2)36(31,32)19-10-8-18(9-11-19)24(30)29(14-13-27(3)4)25-26-20-15-21-22(34-17-33-21)16-23(20)35-25;/h8-11,15-16H,5-7,12-14,17H2,1-4H3;1H. The number of aromatic nitrogens is 1. The highest BCUT2D eigenvalue weighted by atomic mass is 35.5. The molecule has 0 saturated heterocycles. The molecule has 0 fully saturated rings. The van der Waals surface area contributed by atoms with Crippen molar-refractivity contribution in [3.63, 3.8) is 0 Å². The maximum atomic E-state index is 13.6. The van der Waals surface area contributed by atoms with Gasteiger partial charge < -0.3 is 14.4 Å². The Morgan fingerprint density at radius 1 is 1.03 bits per heavy atom. The Hall–Kier alpha value is -2.44. The van der Waals surface area contributed by atoms with E-state index in [1.807, 2.05) is 45.0 Å². The maximum absolute atomic E-state index is 13.6. The summed E-state index contributed by atoms with van der Waals surface area (Å²) in [6, 6.07) is 9.89. The van der Waals surface area contributed by atoms with Crippen molar-refractivity contribution in [2.45, 2.75) is 31.6 Å². The Balaban J connectivity index is 0.00000380. The van der Waals surface area contributed by atoms with Crippen LogP contribution in [0.3, 0.4) is 0 Å². The number of hydrogen-bond acceptors (Lipinski definition) is 8. The number of fused-ring (bicyclic) bond motifs is 2. The maximum Gasteiger partial charge on any atom is 0.260 e. The van der Waals surface area contributed by atoms with E-state index in [1.54, 1.807) is 17.0 Å². The number of thiazole rings is 1. The van der Waals surface area contributed by atoms with E-state index in [1.165, 1.54) is 27.8 Å². The first kappa shape index (κ1) is 29.1. The molecule has 1 aromatic heterocycles. The normalized spacial score (nSPS) is 12.8. The van der Waals surface area contributed by atoms with Crippen LogP contribution in [0.15, 0.2) is 41.3 Å². The summed E-state index contributed by atoms with van der Waals surface area (Å²) < 4.78 is 39.4. The number of anilines is 1.